The van der Waals surface area contributed by atoms with E-state index in [4.69, 9.17) is 4.74 Å². The molecule has 0 saturated heterocycles. The van der Waals surface area contributed by atoms with Crippen LogP contribution in [0.1, 0.15) is 51.5 Å². The van der Waals surface area contributed by atoms with Gasteiger partial charge in [-0.3, -0.25) is 0 Å². The number of ether oxygens (including phenoxy) is 1. The molecule has 0 bridgehead atoms. The second kappa shape index (κ2) is 7.54. The molecule has 0 spiro atoms. The summed E-state index contributed by atoms with van der Waals surface area (Å²) < 4.78 is 5.46. The number of nitrogens with one attached hydrogen (secondary N) is 1. The summed E-state index contributed by atoms with van der Waals surface area (Å²) in [5, 5.41) is 3.69. The Morgan fingerprint density at radius 1 is 1.05 bits per heavy atom. The van der Waals surface area contributed by atoms with E-state index >= 15 is 0 Å². The highest BCUT2D eigenvalue weighted by molar-refractivity contribution is 5.27. The fraction of sp³-hybridized carbons (Fsp3) is 0.647. The molecule has 1 N–H and O–H groups in total. The van der Waals surface area contributed by atoms with Crippen LogP contribution in [0.5, 0.6) is 5.75 Å². The number of hydrogen-bond donors (Lipinski definition) is 1. The topological polar surface area (TPSA) is 21.3 Å². The molecule has 0 aromatic heterocycles. The van der Waals surface area contributed by atoms with Crippen molar-refractivity contribution < 1.29 is 4.74 Å². The second-order valence-electron chi connectivity index (χ2n) is 5.58. The van der Waals surface area contributed by atoms with Crippen LogP contribution in [0.2, 0.25) is 0 Å². The van der Waals surface area contributed by atoms with Gasteiger partial charge in [0.2, 0.25) is 0 Å². The van der Waals surface area contributed by atoms with E-state index in [-0.39, 0.29) is 0 Å². The molecule has 0 atom stereocenters. The van der Waals surface area contributed by atoms with Crippen molar-refractivity contribution in [2.24, 2.45) is 5.92 Å². The maximum absolute atomic E-state index is 5.46. The molecule has 0 aliphatic heterocycles. The maximum atomic E-state index is 5.46. The fourth-order valence-corrected chi connectivity index (χ4v) is 2.91. The smallest absolute Gasteiger partial charge is 0.119 e. The molecular formula is C17H27NO. The number of benzene rings is 1. The predicted molar refractivity (Wildman–Crippen MR) is 80.5 cm³/mol. The van der Waals surface area contributed by atoms with Crippen molar-refractivity contribution in [1.82, 2.24) is 5.32 Å². The van der Waals surface area contributed by atoms with Gasteiger partial charge < -0.3 is 10.1 Å². The van der Waals surface area contributed by atoms with Gasteiger partial charge in [-0.05, 0) is 56.2 Å². The Bertz CT molecular complexity index is 352. The molecule has 0 radical (unpaired) electrons. The Morgan fingerprint density at radius 2 is 1.74 bits per heavy atom. The van der Waals surface area contributed by atoms with Crippen LogP contribution in [0.25, 0.3) is 0 Å². The first kappa shape index (κ1) is 14.4. The summed E-state index contributed by atoms with van der Waals surface area (Å²) in [6.45, 7) is 6.05. The molecule has 2 rings (SSSR count). The summed E-state index contributed by atoms with van der Waals surface area (Å²) in [5.41, 5.74) is 1.35. The van der Waals surface area contributed by atoms with Gasteiger partial charge in [-0.2, -0.15) is 0 Å². The van der Waals surface area contributed by atoms with E-state index in [0.717, 1.165) is 30.9 Å². The first-order valence-electron chi connectivity index (χ1n) is 7.77. The summed E-state index contributed by atoms with van der Waals surface area (Å²) in [7, 11) is 0. The normalized spacial score (nSPS) is 23.3. The van der Waals surface area contributed by atoms with E-state index in [0.29, 0.717) is 0 Å². The van der Waals surface area contributed by atoms with Gasteiger partial charge in [0.1, 0.15) is 5.75 Å². The molecule has 1 aromatic carbocycles. The lowest BCUT2D eigenvalue weighted by molar-refractivity contribution is 0.285. The molecule has 106 valence electrons. The van der Waals surface area contributed by atoms with Gasteiger partial charge in [0, 0.05) is 12.6 Å². The van der Waals surface area contributed by atoms with E-state index in [1.807, 2.05) is 6.92 Å². The third-order valence-corrected chi connectivity index (χ3v) is 4.25. The van der Waals surface area contributed by atoms with Crippen LogP contribution in [0.15, 0.2) is 24.3 Å². The van der Waals surface area contributed by atoms with Crippen molar-refractivity contribution in [3.63, 3.8) is 0 Å². The predicted octanol–water partition coefficient (Wildman–Crippen LogP) is 4.14. The van der Waals surface area contributed by atoms with Crippen LogP contribution in [-0.4, -0.2) is 12.6 Å². The average Bonchev–Trinajstić information content (AvgIpc) is 2.47. The Hall–Kier alpha value is -1.02. The molecule has 0 heterocycles. The molecule has 0 unspecified atom stereocenters. The monoisotopic (exact) mass is 261 g/mol. The molecule has 1 aliphatic carbocycles. The van der Waals surface area contributed by atoms with Crippen LogP contribution in [-0.2, 0) is 6.54 Å². The lowest BCUT2D eigenvalue weighted by Crippen LogP contribution is -2.32. The minimum Gasteiger partial charge on any atom is -0.494 e. The lowest BCUT2D eigenvalue weighted by atomic mass is 9.84. The average molecular weight is 261 g/mol. The molecule has 1 aliphatic rings. The summed E-state index contributed by atoms with van der Waals surface area (Å²) in [6, 6.07) is 9.17. The van der Waals surface area contributed by atoms with Crippen molar-refractivity contribution in [2.75, 3.05) is 6.61 Å². The van der Waals surface area contributed by atoms with Crippen LogP contribution >= 0.6 is 0 Å². The van der Waals surface area contributed by atoms with Gasteiger partial charge in [0.15, 0.2) is 0 Å². The third-order valence-electron chi connectivity index (χ3n) is 4.25. The van der Waals surface area contributed by atoms with Gasteiger partial charge >= 0.3 is 0 Å². The first-order chi connectivity index (χ1) is 9.31. The van der Waals surface area contributed by atoms with E-state index in [1.165, 1.54) is 37.7 Å². The van der Waals surface area contributed by atoms with E-state index < -0.39 is 0 Å². The van der Waals surface area contributed by atoms with Crippen LogP contribution in [0.4, 0.5) is 0 Å². The number of rotatable bonds is 6. The summed E-state index contributed by atoms with van der Waals surface area (Å²) in [5.74, 6) is 1.94. The van der Waals surface area contributed by atoms with Gasteiger partial charge in [0.25, 0.3) is 0 Å². The Labute approximate surface area is 117 Å². The quantitative estimate of drug-likeness (QED) is 0.831. The van der Waals surface area contributed by atoms with E-state index in [2.05, 4.69) is 36.5 Å². The molecule has 1 fully saturated rings. The van der Waals surface area contributed by atoms with Crippen molar-refractivity contribution in [3.8, 4) is 5.75 Å². The van der Waals surface area contributed by atoms with E-state index in [9.17, 15) is 0 Å². The molecule has 0 amide bonds. The fourth-order valence-electron chi connectivity index (χ4n) is 2.91. The Balaban J connectivity index is 1.73. The molecular weight excluding hydrogens is 234 g/mol. The van der Waals surface area contributed by atoms with Crippen LogP contribution in [0, 0.1) is 5.92 Å². The minimum atomic E-state index is 0.717. The lowest BCUT2D eigenvalue weighted by Gasteiger charge is -2.28. The first-order valence-corrected chi connectivity index (χ1v) is 7.77. The molecule has 2 nitrogen and oxygen atoms in total. The maximum Gasteiger partial charge on any atom is 0.119 e. The van der Waals surface area contributed by atoms with Crippen molar-refractivity contribution in [1.29, 1.82) is 0 Å². The highest BCUT2D eigenvalue weighted by Crippen LogP contribution is 2.26. The second-order valence-corrected chi connectivity index (χ2v) is 5.58. The van der Waals surface area contributed by atoms with Crippen LogP contribution < -0.4 is 10.1 Å². The third kappa shape index (κ3) is 4.54. The largest absolute Gasteiger partial charge is 0.494 e. The zero-order valence-corrected chi connectivity index (χ0v) is 12.3. The van der Waals surface area contributed by atoms with Gasteiger partial charge in [-0.15, -0.1) is 0 Å². The summed E-state index contributed by atoms with van der Waals surface area (Å²) >= 11 is 0. The molecule has 1 aromatic rings. The molecule has 1 saturated carbocycles. The highest BCUT2D eigenvalue weighted by atomic mass is 16.5. The Kier molecular flexibility index (Phi) is 5.71. The summed E-state index contributed by atoms with van der Waals surface area (Å²) in [6.07, 6.45) is 6.84. The number of hydrogen-bond acceptors (Lipinski definition) is 2. The summed E-state index contributed by atoms with van der Waals surface area (Å²) in [4.78, 5) is 0. The zero-order chi connectivity index (χ0) is 13.5. The van der Waals surface area contributed by atoms with Crippen molar-refractivity contribution in [3.05, 3.63) is 29.8 Å². The standard InChI is InChI=1S/C17H27NO/c1-3-14-5-9-16(10-6-14)18-13-15-7-11-17(12-8-15)19-4-2/h7-8,11-12,14,16,18H,3-6,9-10,13H2,1-2H3. The Morgan fingerprint density at radius 3 is 2.32 bits per heavy atom. The van der Waals surface area contributed by atoms with Crippen LogP contribution in [0.3, 0.4) is 0 Å². The SMILES string of the molecule is CCOc1ccc(CNC2CCC(CC)CC2)cc1. The van der Waals surface area contributed by atoms with Gasteiger partial charge in [-0.1, -0.05) is 25.5 Å². The molecule has 2 heteroatoms. The van der Waals surface area contributed by atoms with Gasteiger partial charge in [0.05, 0.1) is 6.61 Å². The van der Waals surface area contributed by atoms with Gasteiger partial charge in [-0.25, -0.2) is 0 Å². The minimum absolute atomic E-state index is 0.717. The highest BCUT2D eigenvalue weighted by Gasteiger charge is 2.19. The van der Waals surface area contributed by atoms with Crippen molar-refractivity contribution in [2.45, 2.75) is 58.5 Å². The zero-order valence-electron chi connectivity index (χ0n) is 12.3. The molecule has 19 heavy (non-hydrogen) atoms. The van der Waals surface area contributed by atoms with Crippen molar-refractivity contribution >= 4 is 0 Å². The van der Waals surface area contributed by atoms with E-state index in [1.54, 1.807) is 0 Å².